The molecule has 342 valence electrons. The first-order valence-electron chi connectivity index (χ1n) is 19.5. The van der Waals surface area contributed by atoms with Crippen molar-refractivity contribution < 1.29 is 44.2 Å². The zero-order chi connectivity index (χ0) is 46.4. The second-order valence-corrected chi connectivity index (χ2v) is 17.5. The van der Waals surface area contributed by atoms with Crippen molar-refractivity contribution in [1.29, 1.82) is 0 Å². The van der Waals surface area contributed by atoms with Crippen LogP contribution >= 0.6 is 23.2 Å². The number of alkyl halides is 6. The Hall–Kier alpha value is -5.19. The van der Waals surface area contributed by atoms with Crippen molar-refractivity contribution in [1.82, 2.24) is 29.1 Å². The smallest absolute Gasteiger partial charge is 0.381 e. The Morgan fingerprint density at radius 1 is 0.703 bits per heavy atom. The molecule has 64 heavy (non-hydrogen) atoms. The first-order valence-corrected chi connectivity index (χ1v) is 22.2. The summed E-state index contributed by atoms with van der Waals surface area (Å²) in [4.78, 5) is 41.6. The number of aromatic nitrogens is 6. The molecule has 3 N–H and O–H groups in total. The monoisotopic (exact) mass is 956 g/mol. The largest absolute Gasteiger partial charge is 0.406 e. The van der Waals surface area contributed by atoms with Crippen LogP contribution in [0.1, 0.15) is 25.7 Å². The van der Waals surface area contributed by atoms with Crippen LogP contribution in [0.2, 0.25) is 10.0 Å². The van der Waals surface area contributed by atoms with Crippen LogP contribution in [0.3, 0.4) is 0 Å². The lowest BCUT2D eigenvalue weighted by atomic mass is 10.1. The minimum absolute atomic E-state index is 0.0568. The molecule has 2 aliphatic rings. The topological polar surface area (TPSA) is 186 Å². The van der Waals surface area contributed by atoms with Crippen LogP contribution in [0.15, 0.2) is 87.8 Å². The summed E-state index contributed by atoms with van der Waals surface area (Å²) < 4.78 is 114. The van der Waals surface area contributed by atoms with Crippen LogP contribution < -0.4 is 22.2 Å². The number of sulfone groups is 1. The Labute approximate surface area is 371 Å². The zero-order valence-electron chi connectivity index (χ0n) is 33.8. The summed E-state index contributed by atoms with van der Waals surface area (Å²) in [6.45, 7) is -0.200. The van der Waals surface area contributed by atoms with Gasteiger partial charge in [-0.1, -0.05) is 59.6 Å². The highest BCUT2D eigenvalue weighted by molar-refractivity contribution is 7.90. The van der Waals surface area contributed by atoms with Crippen molar-refractivity contribution in [3.63, 3.8) is 0 Å². The molecule has 0 amide bonds. The minimum Gasteiger partial charge on any atom is -0.381 e. The van der Waals surface area contributed by atoms with E-state index in [1.165, 1.54) is 30.5 Å². The molecule has 0 radical (unpaired) electrons. The van der Waals surface area contributed by atoms with Crippen LogP contribution in [0.4, 0.5) is 32.3 Å². The number of anilines is 1. The third-order valence-corrected chi connectivity index (χ3v) is 11.3. The molecule has 8 rings (SSSR count). The first-order chi connectivity index (χ1) is 30.2. The van der Waals surface area contributed by atoms with Gasteiger partial charge in [0.2, 0.25) is 20.9 Å². The van der Waals surface area contributed by atoms with E-state index < -0.39 is 57.2 Å². The van der Waals surface area contributed by atoms with Crippen LogP contribution in [0.5, 0.6) is 0 Å². The molecule has 0 atom stereocenters. The summed E-state index contributed by atoms with van der Waals surface area (Å²) in [5, 5.41) is 3.28. The van der Waals surface area contributed by atoms with E-state index in [0.29, 0.717) is 39.3 Å². The molecule has 6 aromatic rings. The van der Waals surface area contributed by atoms with E-state index in [0.717, 1.165) is 51.3 Å². The van der Waals surface area contributed by atoms with Gasteiger partial charge < -0.3 is 20.5 Å². The van der Waals surface area contributed by atoms with Crippen molar-refractivity contribution in [2.75, 3.05) is 38.0 Å². The van der Waals surface area contributed by atoms with Gasteiger partial charge in [-0.25, -0.2) is 18.4 Å². The molecular weight excluding hydrogens is 917 g/mol. The van der Waals surface area contributed by atoms with E-state index in [4.69, 9.17) is 38.4 Å². The van der Waals surface area contributed by atoms with E-state index >= 15 is 0 Å². The molecule has 2 fully saturated rings. The summed E-state index contributed by atoms with van der Waals surface area (Å²) >= 11 is 12.3. The number of hydrogen-bond acceptors (Lipinski definition) is 12. The fourth-order valence-electron chi connectivity index (χ4n) is 6.69. The summed E-state index contributed by atoms with van der Waals surface area (Å²) in [6.07, 6.45) is -2.48. The molecule has 0 bridgehead atoms. The molecule has 6 heterocycles. The van der Waals surface area contributed by atoms with Crippen LogP contribution in [0, 0.1) is 0 Å². The van der Waals surface area contributed by atoms with Gasteiger partial charge in [0.05, 0.1) is 0 Å². The fourth-order valence-corrected chi connectivity index (χ4v) is 7.66. The van der Waals surface area contributed by atoms with Gasteiger partial charge in [-0.2, -0.15) is 36.3 Å². The number of ether oxygens (including phenoxy) is 2. The zero-order valence-corrected chi connectivity index (χ0v) is 36.1. The number of rotatable bonds is 7. The molecule has 0 spiro atoms. The number of pyridine rings is 2. The molecular formula is C41H40Cl2F6N8O6S. The average Bonchev–Trinajstić information content (AvgIpc) is 3.23. The second-order valence-electron chi connectivity index (χ2n) is 14.7. The minimum atomic E-state index is -4.73. The van der Waals surface area contributed by atoms with Crippen molar-refractivity contribution in [3.05, 3.63) is 104 Å². The average molecular weight is 958 g/mol. The standard InChI is InChI=1S/C20H18ClF3N4O2.C16H11ClF3N3O3S.C5H11NO/c21-16-4-2-1-3-14(16)15-9-12-10-25-19(26-13-5-7-30-8-6-13)27-17(12)28(18(15)29)11-20(22,23)24;1-27(25,26)15-21-7-9-6-11(10-4-2-3-5-12(10)17)14(24)23(13(9)22-15)8-16(18,19)20;6-5-1-3-7-4-2-5/h1-4,9-10,13H,5-8,11H2,(H,25,26,27);2-7H,8H2,1H3;5H,1-4,6H2. The Morgan fingerprint density at radius 2 is 1.14 bits per heavy atom. The van der Waals surface area contributed by atoms with Gasteiger partial charge in [0.25, 0.3) is 11.1 Å². The number of nitrogens with one attached hydrogen (secondary N) is 1. The SMILES string of the molecule is CS(=O)(=O)c1ncc2cc(-c3ccccc3Cl)c(=O)n(CC(F)(F)F)c2n1.NC1CCOCC1.O=c1c(-c2ccccc2Cl)cc2cnc(NC3CCOCC3)nc2n1CC(F)(F)F. The van der Waals surface area contributed by atoms with E-state index in [9.17, 15) is 44.3 Å². The van der Waals surface area contributed by atoms with Crippen LogP contribution in [0.25, 0.3) is 44.3 Å². The Morgan fingerprint density at radius 3 is 1.56 bits per heavy atom. The third kappa shape index (κ3) is 12.5. The Balaban J connectivity index is 0.000000185. The quantitative estimate of drug-likeness (QED) is 0.119. The second kappa shape index (κ2) is 20.3. The fraction of sp³-hybridized carbons (Fsp3) is 0.366. The van der Waals surface area contributed by atoms with Gasteiger partial charge in [-0.05, 0) is 49.9 Å². The first kappa shape index (κ1) is 48.3. The molecule has 2 aromatic carbocycles. The van der Waals surface area contributed by atoms with Crippen molar-refractivity contribution >= 4 is 61.1 Å². The molecule has 0 unspecified atom stereocenters. The highest BCUT2D eigenvalue weighted by Crippen LogP contribution is 2.30. The van der Waals surface area contributed by atoms with Gasteiger partial charge >= 0.3 is 12.4 Å². The number of nitrogens with two attached hydrogens (primary N) is 1. The number of benzene rings is 2. The van der Waals surface area contributed by atoms with E-state index in [1.54, 1.807) is 36.4 Å². The maximum atomic E-state index is 13.3. The summed E-state index contributed by atoms with van der Waals surface area (Å²) in [6, 6.07) is 15.9. The number of hydrogen-bond donors (Lipinski definition) is 2. The number of nitrogens with zero attached hydrogens (tertiary/aromatic N) is 6. The molecule has 0 saturated carbocycles. The maximum Gasteiger partial charge on any atom is 0.406 e. The number of fused-ring (bicyclic) bond motifs is 2. The highest BCUT2D eigenvalue weighted by Gasteiger charge is 2.32. The van der Waals surface area contributed by atoms with E-state index in [2.05, 4.69) is 25.3 Å². The molecule has 14 nitrogen and oxygen atoms in total. The molecule has 2 saturated heterocycles. The summed E-state index contributed by atoms with van der Waals surface area (Å²) in [7, 11) is -3.88. The van der Waals surface area contributed by atoms with Crippen LogP contribution in [-0.2, 0) is 32.4 Å². The van der Waals surface area contributed by atoms with Gasteiger partial charge in [0.1, 0.15) is 24.4 Å². The molecule has 0 aliphatic carbocycles. The van der Waals surface area contributed by atoms with Crippen molar-refractivity contribution in [2.24, 2.45) is 5.73 Å². The maximum absolute atomic E-state index is 13.3. The van der Waals surface area contributed by atoms with Gasteiger partial charge in [0, 0.05) is 100 Å². The molecule has 4 aromatic heterocycles. The lowest BCUT2D eigenvalue weighted by molar-refractivity contribution is -0.141. The van der Waals surface area contributed by atoms with Crippen molar-refractivity contribution in [2.45, 2.75) is 68.4 Å². The number of halogens is 8. The summed E-state index contributed by atoms with van der Waals surface area (Å²) in [5.74, 6) is 0.176. The van der Waals surface area contributed by atoms with Gasteiger partial charge in [-0.15, -0.1) is 0 Å². The van der Waals surface area contributed by atoms with Gasteiger partial charge in [0.15, 0.2) is 0 Å². The van der Waals surface area contributed by atoms with E-state index in [1.807, 2.05) is 0 Å². The normalized spacial score (nSPS) is 15.3. The van der Waals surface area contributed by atoms with Crippen LogP contribution in [-0.4, -0.2) is 94.6 Å². The van der Waals surface area contributed by atoms with E-state index in [-0.39, 0.29) is 49.8 Å². The lowest BCUT2D eigenvalue weighted by Gasteiger charge is -2.23. The lowest BCUT2D eigenvalue weighted by Crippen LogP contribution is -2.31. The molecule has 2 aliphatic heterocycles. The Kier molecular flexibility index (Phi) is 15.3. The van der Waals surface area contributed by atoms with Crippen molar-refractivity contribution in [3.8, 4) is 22.3 Å². The molecule has 23 heteroatoms. The predicted octanol–water partition coefficient (Wildman–Crippen LogP) is 7.47. The third-order valence-electron chi connectivity index (χ3n) is 9.79. The summed E-state index contributed by atoms with van der Waals surface area (Å²) in [5.41, 5.74) is 3.81. The Bertz CT molecular complexity index is 2850. The van der Waals surface area contributed by atoms with Gasteiger partial charge in [-0.3, -0.25) is 18.7 Å². The predicted molar refractivity (Wildman–Crippen MR) is 229 cm³/mol. The highest BCUT2D eigenvalue weighted by atomic mass is 35.5.